The highest BCUT2D eigenvalue weighted by molar-refractivity contribution is 9.10. The summed E-state index contributed by atoms with van der Waals surface area (Å²) in [7, 11) is 0. The predicted octanol–water partition coefficient (Wildman–Crippen LogP) is 4.23. The number of nitrogens with one attached hydrogen (secondary N) is 2. The van der Waals surface area contributed by atoms with E-state index in [0.717, 1.165) is 26.5 Å². The first-order chi connectivity index (χ1) is 13.0. The van der Waals surface area contributed by atoms with Crippen LogP contribution in [0.3, 0.4) is 0 Å². The molecule has 1 amide bonds. The van der Waals surface area contributed by atoms with Gasteiger partial charge in [0, 0.05) is 41.1 Å². The average molecular weight is 427 g/mol. The third-order valence-electron chi connectivity index (χ3n) is 4.01. The SMILES string of the molecule is CC(=O)NCCc1c[nH]c2ccc(OC(=O)/C=C/c3ccc(Br)cc3)cc12. The van der Waals surface area contributed by atoms with E-state index in [1.54, 1.807) is 12.1 Å². The average Bonchev–Trinajstić information content (AvgIpc) is 3.03. The van der Waals surface area contributed by atoms with Crippen LogP contribution in [0.4, 0.5) is 0 Å². The van der Waals surface area contributed by atoms with Gasteiger partial charge in [-0.1, -0.05) is 28.1 Å². The Kier molecular flexibility index (Phi) is 6.08. The van der Waals surface area contributed by atoms with Crippen LogP contribution >= 0.6 is 15.9 Å². The fourth-order valence-electron chi connectivity index (χ4n) is 2.69. The van der Waals surface area contributed by atoms with Crippen molar-refractivity contribution in [2.45, 2.75) is 13.3 Å². The molecule has 3 rings (SSSR count). The van der Waals surface area contributed by atoms with Gasteiger partial charge in [0.2, 0.25) is 5.91 Å². The number of hydrogen-bond donors (Lipinski definition) is 2. The summed E-state index contributed by atoms with van der Waals surface area (Å²) in [4.78, 5) is 26.3. The largest absolute Gasteiger partial charge is 0.423 e. The van der Waals surface area contributed by atoms with Gasteiger partial charge >= 0.3 is 5.97 Å². The van der Waals surface area contributed by atoms with Gasteiger partial charge in [0.15, 0.2) is 0 Å². The number of esters is 1. The molecule has 0 atom stereocenters. The van der Waals surface area contributed by atoms with Gasteiger partial charge in [0.1, 0.15) is 5.75 Å². The molecule has 0 fully saturated rings. The number of benzene rings is 2. The number of H-pyrrole nitrogens is 1. The van der Waals surface area contributed by atoms with E-state index in [2.05, 4.69) is 26.2 Å². The van der Waals surface area contributed by atoms with Gasteiger partial charge in [-0.25, -0.2) is 4.79 Å². The second-order valence-corrected chi connectivity index (χ2v) is 6.98. The molecule has 0 aliphatic heterocycles. The summed E-state index contributed by atoms with van der Waals surface area (Å²) in [5.74, 6) is -0.0112. The maximum atomic E-state index is 12.1. The quantitative estimate of drug-likeness (QED) is 0.352. The third-order valence-corrected chi connectivity index (χ3v) is 4.54. The first-order valence-electron chi connectivity index (χ1n) is 8.51. The molecule has 1 heterocycles. The molecule has 3 aromatic rings. The highest BCUT2D eigenvalue weighted by atomic mass is 79.9. The van der Waals surface area contributed by atoms with E-state index >= 15 is 0 Å². The molecule has 0 saturated carbocycles. The van der Waals surface area contributed by atoms with Crippen LogP contribution in [0, 0.1) is 0 Å². The number of carbonyl (C=O) groups is 2. The summed E-state index contributed by atoms with van der Waals surface area (Å²) in [5.41, 5.74) is 2.93. The van der Waals surface area contributed by atoms with Crippen molar-refractivity contribution in [3.8, 4) is 5.75 Å². The van der Waals surface area contributed by atoms with E-state index in [0.29, 0.717) is 18.7 Å². The molecule has 6 heteroatoms. The smallest absolute Gasteiger partial charge is 0.336 e. The maximum Gasteiger partial charge on any atom is 0.336 e. The molecule has 27 heavy (non-hydrogen) atoms. The number of ether oxygens (including phenoxy) is 1. The van der Waals surface area contributed by atoms with Crippen LogP contribution in [0.5, 0.6) is 5.75 Å². The zero-order chi connectivity index (χ0) is 19.2. The van der Waals surface area contributed by atoms with Crippen LogP contribution in [0.15, 0.2) is 59.2 Å². The number of amides is 1. The first-order valence-corrected chi connectivity index (χ1v) is 9.30. The number of aromatic nitrogens is 1. The van der Waals surface area contributed by atoms with Crippen molar-refractivity contribution < 1.29 is 14.3 Å². The minimum atomic E-state index is -0.437. The Hall–Kier alpha value is -2.86. The van der Waals surface area contributed by atoms with Gasteiger partial charge < -0.3 is 15.0 Å². The maximum absolute atomic E-state index is 12.1. The Morgan fingerprint density at radius 3 is 2.70 bits per heavy atom. The predicted molar refractivity (Wildman–Crippen MR) is 109 cm³/mol. The van der Waals surface area contributed by atoms with E-state index in [1.165, 1.54) is 13.0 Å². The Bertz CT molecular complexity index is 990. The second kappa shape index (κ2) is 8.68. The minimum absolute atomic E-state index is 0.0537. The molecular formula is C21H19BrN2O3. The highest BCUT2D eigenvalue weighted by Gasteiger charge is 2.07. The van der Waals surface area contributed by atoms with Crippen LogP contribution in [-0.4, -0.2) is 23.4 Å². The number of halogens is 1. The van der Waals surface area contributed by atoms with Crippen LogP contribution in [0.25, 0.3) is 17.0 Å². The minimum Gasteiger partial charge on any atom is -0.423 e. The lowest BCUT2D eigenvalue weighted by Gasteiger charge is -2.04. The van der Waals surface area contributed by atoms with Crippen LogP contribution in [0.2, 0.25) is 0 Å². The number of hydrogen-bond acceptors (Lipinski definition) is 3. The summed E-state index contributed by atoms with van der Waals surface area (Å²) in [6, 6.07) is 13.1. The lowest BCUT2D eigenvalue weighted by atomic mass is 10.1. The van der Waals surface area contributed by atoms with Crippen molar-refractivity contribution in [1.82, 2.24) is 10.3 Å². The molecule has 1 aromatic heterocycles. The lowest BCUT2D eigenvalue weighted by molar-refractivity contribution is -0.128. The Morgan fingerprint density at radius 2 is 1.96 bits per heavy atom. The molecule has 5 nitrogen and oxygen atoms in total. The normalized spacial score (nSPS) is 11.0. The van der Waals surface area contributed by atoms with Crippen molar-refractivity contribution >= 4 is 44.8 Å². The highest BCUT2D eigenvalue weighted by Crippen LogP contribution is 2.24. The van der Waals surface area contributed by atoms with Crippen LogP contribution < -0.4 is 10.1 Å². The Labute approximate surface area is 165 Å². The van der Waals surface area contributed by atoms with Gasteiger partial charge in [0.05, 0.1) is 0 Å². The van der Waals surface area contributed by atoms with Gasteiger partial charge in [0.25, 0.3) is 0 Å². The summed E-state index contributed by atoms with van der Waals surface area (Å²) >= 11 is 3.38. The molecule has 138 valence electrons. The fraction of sp³-hybridized carbons (Fsp3) is 0.143. The zero-order valence-corrected chi connectivity index (χ0v) is 16.4. The molecule has 2 aromatic carbocycles. The fourth-order valence-corrected chi connectivity index (χ4v) is 2.95. The number of carbonyl (C=O) groups excluding carboxylic acids is 2. The summed E-state index contributed by atoms with van der Waals surface area (Å²) < 4.78 is 6.40. The molecule has 0 saturated heterocycles. The van der Waals surface area contributed by atoms with E-state index in [1.807, 2.05) is 42.6 Å². The topological polar surface area (TPSA) is 71.2 Å². The van der Waals surface area contributed by atoms with Crippen molar-refractivity contribution in [3.05, 3.63) is 70.3 Å². The Balaban J connectivity index is 1.68. The van der Waals surface area contributed by atoms with Gasteiger partial charge in [-0.3, -0.25) is 4.79 Å². The summed E-state index contributed by atoms with van der Waals surface area (Å²) in [5, 5.41) is 3.76. The number of fused-ring (bicyclic) bond motifs is 1. The lowest BCUT2D eigenvalue weighted by Crippen LogP contribution is -2.22. The van der Waals surface area contributed by atoms with Gasteiger partial charge in [-0.2, -0.15) is 0 Å². The van der Waals surface area contributed by atoms with Gasteiger partial charge in [-0.05, 0) is 54.0 Å². The molecule has 0 spiro atoms. The molecule has 2 N–H and O–H groups in total. The number of rotatable bonds is 6. The van der Waals surface area contributed by atoms with E-state index < -0.39 is 5.97 Å². The van der Waals surface area contributed by atoms with E-state index in [4.69, 9.17) is 4.74 Å². The van der Waals surface area contributed by atoms with Crippen LogP contribution in [-0.2, 0) is 16.0 Å². The molecular weight excluding hydrogens is 408 g/mol. The van der Waals surface area contributed by atoms with Gasteiger partial charge in [-0.15, -0.1) is 0 Å². The molecule has 0 unspecified atom stereocenters. The summed E-state index contributed by atoms with van der Waals surface area (Å²) in [6.45, 7) is 2.05. The van der Waals surface area contributed by atoms with Crippen molar-refractivity contribution in [3.63, 3.8) is 0 Å². The molecule has 0 radical (unpaired) electrons. The first kappa shape index (κ1) is 18.9. The van der Waals surface area contributed by atoms with Crippen molar-refractivity contribution in [2.24, 2.45) is 0 Å². The molecule has 0 aliphatic rings. The zero-order valence-electron chi connectivity index (χ0n) is 14.8. The Morgan fingerprint density at radius 1 is 1.19 bits per heavy atom. The standard InChI is InChI=1S/C21H19BrN2O3/c1-14(25)23-11-10-16-13-24-20-8-7-18(12-19(16)20)27-21(26)9-4-15-2-5-17(22)6-3-15/h2-9,12-13,24H,10-11H2,1H3,(H,23,25)/b9-4+. The third kappa shape index (κ3) is 5.31. The second-order valence-electron chi connectivity index (χ2n) is 6.06. The number of aromatic amines is 1. The van der Waals surface area contributed by atoms with Crippen molar-refractivity contribution in [2.75, 3.05) is 6.54 Å². The molecule has 0 aliphatic carbocycles. The summed E-state index contributed by atoms with van der Waals surface area (Å²) in [6.07, 6.45) is 5.72. The van der Waals surface area contributed by atoms with Crippen LogP contribution in [0.1, 0.15) is 18.1 Å². The van der Waals surface area contributed by atoms with E-state index in [-0.39, 0.29) is 5.91 Å². The molecule has 0 bridgehead atoms. The monoisotopic (exact) mass is 426 g/mol. The van der Waals surface area contributed by atoms with Crippen molar-refractivity contribution in [1.29, 1.82) is 0 Å². The van der Waals surface area contributed by atoms with E-state index in [9.17, 15) is 9.59 Å².